The Kier molecular flexibility index (Phi) is 3.36. The zero-order valence-electron chi connectivity index (χ0n) is 8.98. The van der Waals surface area contributed by atoms with E-state index < -0.39 is 0 Å². The van der Waals surface area contributed by atoms with E-state index in [1.165, 1.54) is 30.6 Å². The van der Waals surface area contributed by atoms with E-state index in [0.29, 0.717) is 0 Å². The lowest BCUT2D eigenvalue weighted by molar-refractivity contribution is 0.112. The number of thiazole rings is 1. The van der Waals surface area contributed by atoms with Crippen LogP contribution in [0.1, 0.15) is 35.9 Å². The SMILES string of the molecule is CCC1CCCN(c2ncc(C=O)s2)C1. The van der Waals surface area contributed by atoms with Gasteiger partial charge in [-0.2, -0.15) is 0 Å². The van der Waals surface area contributed by atoms with Crippen LogP contribution in [0.15, 0.2) is 6.20 Å². The molecule has 1 aromatic rings. The van der Waals surface area contributed by atoms with Crippen molar-refractivity contribution < 1.29 is 4.79 Å². The van der Waals surface area contributed by atoms with Crippen LogP contribution >= 0.6 is 11.3 Å². The van der Waals surface area contributed by atoms with Gasteiger partial charge >= 0.3 is 0 Å². The first-order valence-electron chi connectivity index (χ1n) is 5.49. The molecule has 1 aliphatic heterocycles. The van der Waals surface area contributed by atoms with Gasteiger partial charge < -0.3 is 4.90 Å². The van der Waals surface area contributed by atoms with Gasteiger partial charge in [-0.25, -0.2) is 4.98 Å². The van der Waals surface area contributed by atoms with E-state index in [2.05, 4.69) is 16.8 Å². The van der Waals surface area contributed by atoms with Crippen LogP contribution < -0.4 is 4.90 Å². The molecule has 0 amide bonds. The summed E-state index contributed by atoms with van der Waals surface area (Å²) in [4.78, 5) is 17.9. The largest absolute Gasteiger partial charge is 0.348 e. The second-order valence-electron chi connectivity index (χ2n) is 4.03. The summed E-state index contributed by atoms with van der Waals surface area (Å²) in [6, 6.07) is 0. The van der Waals surface area contributed by atoms with E-state index in [9.17, 15) is 4.79 Å². The van der Waals surface area contributed by atoms with Crippen LogP contribution in [0, 0.1) is 5.92 Å². The van der Waals surface area contributed by atoms with Gasteiger partial charge in [-0.15, -0.1) is 0 Å². The van der Waals surface area contributed by atoms with Crippen molar-refractivity contribution in [3.8, 4) is 0 Å². The molecule has 1 aliphatic rings. The quantitative estimate of drug-likeness (QED) is 0.740. The standard InChI is InChI=1S/C11H16N2OS/c1-2-9-4-3-5-13(7-9)11-12-6-10(8-14)15-11/h6,8-9H,2-5,7H2,1H3. The summed E-state index contributed by atoms with van der Waals surface area (Å²) in [6.45, 7) is 4.43. The van der Waals surface area contributed by atoms with Crippen molar-refractivity contribution in [3.63, 3.8) is 0 Å². The summed E-state index contributed by atoms with van der Waals surface area (Å²) in [5.41, 5.74) is 0. The van der Waals surface area contributed by atoms with Crippen molar-refractivity contribution >= 4 is 22.8 Å². The lowest BCUT2D eigenvalue weighted by atomic mass is 9.96. The average molecular weight is 224 g/mol. The van der Waals surface area contributed by atoms with Gasteiger partial charge in [0.15, 0.2) is 11.4 Å². The van der Waals surface area contributed by atoms with Crippen LogP contribution in [-0.2, 0) is 0 Å². The fraction of sp³-hybridized carbons (Fsp3) is 0.636. The van der Waals surface area contributed by atoms with Gasteiger partial charge in [-0.1, -0.05) is 24.7 Å². The number of piperidine rings is 1. The first-order chi connectivity index (χ1) is 7.33. The minimum Gasteiger partial charge on any atom is -0.348 e. The monoisotopic (exact) mass is 224 g/mol. The number of aldehydes is 1. The predicted molar refractivity (Wildman–Crippen MR) is 62.7 cm³/mol. The Morgan fingerprint density at radius 3 is 3.27 bits per heavy atom. The highest BCUT2D eigenvalue weighted by Crippen LogP contribution is 2.27. The summed E-state index contributed by atoms with van der Waals surface area (Å²) in [6.07, 6.45) is 6.36. The van der Waals surface area contributed by atoms with Crippen LogP contribution in [0.3, 0.4) is 0 Å². The van der Waals surface area contributed by atoms with E-state index >= 15 is 0 Å². The van der Waals surface area contributed by atoms with Gasteiger partial charge in [0, 0.05) is 13.1 Å². The first-order valence-corrected chi connectivity index (χ1v) is 6.31. The molecule has 2 heterocycles. The van der Waals surface area contributed by atoms with E-state index in [-0.39, 0.29) is 0 Å². The van der Waals surface area contributed by atoms with Crippen LogP contribution in [0.5, 0.6) is 0 Å². The summed E-state index contributed by atoms with van der Waals surface area (Å²) >= 11 is 1.50. The highest BCUT2D eigenvalue weighted by Gasteiger charge is 2.20. The lowest BCUT2D eigenvalue weighted by Crippen LogP contribution is -2.34. The number of carbonyl (C=O) groups excluding carboxylic acids is 1. The molecular weight excluding hydrogens is 208 g/mol. The Labute approximate surface area is 94.1 Å². The first kappa shape index (κ1) is 10.6. The molecule has 1 saturated heterocycles. The van der Waals surface area contributed by atoms with E-state index in [4.69, 9.17) is 0 Å². The third-order valence-corrected chi connectivity index (χ3v) is 3.98. The van der Waals surface area contributed by atoms with Crippen molar-refractivity contribution in [1.29, 1.82) is 0 Å². The van der Waals surface area contributed by atoms with Crippen molar-refractivity contribution in [2.24, 2.45) is 5.92 Å². The predicted octanol–water partition coefficient (Wildman–Crippen LogP) is 2.58. The van der Waals surface area contributed by atoms with E-state index in [1.54, 1.807) is 6.20 Å². The molecule has 1 unspecified atom stereocenters. The molecule has 4 heteroatoms. The number of hydrogen-bond acceptors (Lipinski definition) is 4. The number of rotatable bonds is 3. The highest BCUT2D eigenvalue weighted by atomic mass is 32.1. The minimum absolute atomic E-state index is 0.726. The Hall–Kier alpha value is -0.900. The zero-order chi connectivity index (χ0) is 10.7. The third kappa shape index (κ3) is 2.37. The molecule has 0 N–H and O–H groups in total. The summed E-state index contributed by atoms with van der Waals surface area (Å²) in [7, 11) is 0. The molecule has 0 radical (unpaired) electrons. The number of nitrogens with zero attached hydrogens (tertiary/aromatic N) is 2. The maximum absolute atomic E-state index is 10.6. The third-order valence-electron chi connectivity index (χ3n) is 2.99. The smallest absolute Gasteiger partial charge is 0.185 e. The molecule has 0 aromatic carbocycles. The van der Waals surface area contributed by atoms with Crippen LogP contribution in [0.4, 0.5) is 5.13 Å². The van der Waals surface area contributed by atoms with Crippen LogP contribution in [0.25, 0.3) is 0 Å². The zero-order valence-corrected chi connectivity index (χ0v) is 9.80. The lowest BCUT2D eigenvalue weighted by Gasteiger charge is -2.31. The molecular formula is C11H16N2OS. The maximum atomic E-state index is 10.6. The molecule has 3 nitrogen and oxygen atoms in total. The van der Waals surface area contributed by atoms with Crippen molar-refractivity contribution in [2.75, 3.05) is 18.0 Å². The van der Waals surface area contributed by atoms with Gasteiger partial charge in [0.05, 0.1) is 11.1 Å². The van der Waals surface area contributed by atoms with Gasteiger partial charge in [-0.05, 0) is 18.8 Å². The topological polar surface area (TPSA) is 33.2 Å². The van der Waals surface area contributed by atoms with E-state index in [0.717, 1.165) is 35.3 Å². The molecule has 1 aromatic heterocycles. The fourth-order valence-corrected chi connectivity index (χ4v) is 2.81. The maximum Gasteiger partial charge on any atom is 0.185 e. The summed E-state index contributed by atoms with van der Waals surface area (Å²) in [5.74, 6) is 0.794. The molecule has 82 valence electrons. The average Bonchev–Trinajstić information content (AvgIpc) is 2.78. The van der Waals surface area contributed by atoms with Crippen molar-refractivity contribution in [3.05, 3.63) is 11.1 Å². The number of hydrogen-bond donors (Lipinski definition) is 0. The second-order valence-corrected chi connectivity index (χ2v) is 5.07. The summed E-state index contributed by atoms with van der Waals surface area (Å²) in [5, 5.41) is 1.01. The highest BCUT2D eigenvalue weighted by molar-refractivity contribution is 7.17. The normalized spacial score (nSPS) is 21.7. The molecule has 1 fully saturated rings. The summed E-state index contributed by atoms with van der Waals surface area (Å²) < 4.78 is 0. The molecule has 0 saturated carbocycles. The number of carbonyl (C=O) groups is 1. The van der Waals surface area contributed by atoms with Crippen LogP contribution in [0.2, 0.25) is 0 Å². The fourth-order valence-electron chi connectivity index (χ4n) is 2.05. The van der Waals surface area contributed by atoms with Gasteiger partial charge in [0.1, 0.15) is 0 Å². The molecule has 0 aliphatic carbocycles. The molecule has 15 heavy (non-hydrogen) atoms. The number of aromatic nitrogens is 1. The Morgan fingerprint density at radius 1 is 1.73 bits per heavy atom. The molecule has 0 bridgehead atoms. The molecule has 2 rings (SSSR count). The van der Waals surface area contributed by atoms with Crippen molar-refractivity contribution in [2.45, 2.75) is 26.2 Å². The van der Waals surface area contributed by atoms with Crippen LogP contribution in [-0.4, -0.2) is 24.4 Å². The van der Waals surface area contributed by atoms with Gasteiger partial charge in [-0.3, -0.25) is 4.79 Å². The van der Waals surface area contributed by atoms with Gasteiger partial charge in [0.25, 0.3) is 0 Å². The molecule has 1 atom stereocenters. The molecule has 0 spiro atoms. The van der Waals surface area contributed by atoms with Crippen molar-refractivity contribution in [1.82, 2.24) is 4.98 Å². The Bertz CT molecular complexity index is 337. The minimum atomic E-state index is 0.726. The van der Waals surface area contributed by atoms with E-state index in [1.807, 2.05) is 0 Å². The van der Waals surface area contributed by atoms with Gasteiger partial charge in [0.2, 0.25) is 0 Å². The number of anilines is 1. The Balaban J connectivity index is 2.06. The second kappa shape index (κ2) is 4.75. The Morgan fingerprint density at radius 2 is 2.60 bits per heavy atom.